The molecule has 0 aliphatic carbocycles. The Bertz CT molecular complexity index is 547. The minimum absolute atomic E-state index is 0.512. The van der Waals surface area contributed by atoms with Crippen molar-refractivity contribution in [3.63, 3.8) is 0 Å². The maximum Gasteiger partial charge on any atom is 0.312 e. The van der Waals surface area contributed by atoms with Gasteiger partial charge in [-0.1, -0.05) is 0 Å². The van der Waals surface area contributed by atoms with Gasteiger partial charge in [0.2, 0.25) is 5.91 Å². The molecule has 2 aromatic rings. The van der Waals surface area contributed by atoms with E-state index < -0.39 is 18.3 Å². The molecule has 1 amide bonds. The molecule has 0 unspecified atom stereocenters. The number of nitrogens with one attached hydrogen (secondary N) is 1. The Morgan fingerprint density at radius 1 is 1.31 bits per heavy atom. The summed E-state index contributed by atoms with van der Waals surface area (Å²) in [7, 11) is 0. The van der Waals surface area contributed by atoms with Gasteiger partial charge in [-0.25, -0.2) is 0 Å². The highest BCUT2D eigenvalue weighted by Crippen LogP contribution is 2.23. The topological polar surface area (TPSA) is 66.4 Å². The maximum absolute atomic E-state index is 11.2. The standard InChI is InChI=1S/C11H9NO3S/c13-10(6-11(14)15)12-8-1-2-9-7(5-8)3-4-16-9/h1-5H,6H2,(H,12,13)(H,14,15). The minimum Gasteiger partial charge on any atom is -0.481 e. The number of carboxylic acids is 1. The lowest BCUT2D eigenvalue weighted by Crippen LogP contribution is -2.15. The molecule has 0 bridgehead atoms. The molecule has 1 heterocycles. The van der Waals surface area contributed by atoms with Gasteiger partial charge >= 0.3 is 5.97 Å². The van der Waals surface area contributed by atoms with E-state index >= 15 is 0 Å². The molecule has 82 valence electrons. The van der Waals surface area contributed by atoms with Gasteiger partial charge in [-0.2, -0.15) is 0 Å². The van der Waals surface area contributed by atoms with Crippen molar-refractivity contribution in [1.82, 2.24) is 0 Å². The van der Waals surface area contributed by atoms with Crippen molar-refractivity contribution in [1.29, 1.82) is 0 Å². The van der Waals surface area contributed by atoms with Crippen LogP contribution >= 0.6 is 11.3 Å². The van der Waals surface area contributed by atoms with E-state index in [4.69, 9.17) is 5.11 Å². The average Bonchev–Trinajstić information content (AvgIpc) is 2.63. The largest absolute Gasteiger partial charge is 0.481 e. The summed E-state index contributed by atoms with van der Waals surface area (Å²) >= 11 is 1.62. The van der Waals surface area contributed by atoms with Crippen LogP contribution in [-0.2, 0) is 9.59 Å². The van der Waals surface area contributed by atoms with E-state index in [1.165, 1.54) is 0 Å². The van der Waals surface area contributed by atoms with Crippen molar-refractivity contribution in [3.8, 4) is 0 Å². The highest BCUT2D eigenvalue weighted by Gasteiger charge is 2.07. The first-order chi connectivity index (χ1) is 7.65. The highest BCUT2D eigenvalue weighted by atomic mass is 32.1. The van der Waals surface area contributed by atoms with Crippen LogP contribution in [0.25, 0.3) is 10.1 Å². The van der Waals surface area contributed by atoms with Crippen LogP contribution in [0.3, 0.4) is 0 Å². The van der Waals surface area contributed by atoms with Crippen LogP contribution in [0.1, 0.15) is 6.42 Å². The lowest BCUT2D eigenvalue weighted by molar-refractivity contribution is -0.139. The van der Waals surface area contributed by atoms with Gasteiger partial charge in [0.15, 0.2) is 0 Å². The van der Waals surface area contributed by atoms with Gasteiger partial charge in [0.1, 0.15) is 6.42 Å². The molecule has 0 radical (unpaired) electrons. The fourth-order valence-corrected chi connectivity index (χ4v) is 2.16. The van der Waals surface area contributed by atoms with E-state index in [1.807, 2.05) is 23.6 Å². The number of carbonyl (C=O) groups is 2. The summed E-state index contributed by atoms with van der Waals surface area (Å²) in [6.45, 7) is 0. The van der Waals surface area contributed by atoms with E-state index in [1.54, 1.807) is 17.4 Å². The number of amides is 1. The van der Waals surface area contributed by atoms with Crippen LogP contribution in [0, 0.1) is 0 Å². The van der Waals surface area contributed by atoms with Crippen LogP contribution in [-0.4, -0.2) is 17.0 Å². The van der Waals surface area contributed by atoms with Gasteiger partial charge in [0.05, 0.1) is 0 Å². The van der Waals surface area contributed by atoms with Crippen molar-refractivity contribution in [2.45, 2.75) is 6.42 Å². The van der Waals surface area contributed by atoms with Gasteiger partial charge in [0, 0.05) is 10.4 Å². The molecule has 0 aliphatic heterocycles. The Balaban J connectivity index is 2.14. The lowest BCUT2D eigenvalue weighted by atomic mass is 10.2. The van der Waals surface area contributed by atoms with Crippen molar-refractivity contribution >= 4 is 39.0 Å². The summed E-state index contributed by atoms with van der Waals surface area (Å²) in [6, 6.07) is 7.44. The summed E-state index contributed by atoms with van der Waals surface area (Å²) in [5, 5.41) is 14.0. The molecular formula is C11H9NO3S. The number of anilines is 1. The first-order valence-corrected chi connectivity index (χ1v) is 5.52. The van der Waals surface area contributed by atoms with Crippen LogP contribution < -0.4 is 5.32 Å². The van der Waals surface area contributed by atoms with Gasteiger partial charge in [-0.05, 0) is 35.0 Å². The Labute approximate surface area is 95.5 Å². The molecule has 16 heavy (non-hydrogen) atoms. The van der Waals surface area contributed by atoms with Crippen molar-refractivity contribution < 1.29 is 14.7 Å². The second-order valence-corrected chi connectivity index (χ2v) is 4.24. The number of carbonyl (C=O) groups excluding carboxylic acids is 1. The van der Waals surface area contributed by atoms with Crippen molar-refractivity contribution in [3.05, 3.63) is 29.6 Å². The van der Waals surface area contributed by atoms with E-state index in [0.29, 0.717) is 5.69 Å². The second kappa shape index (κ2) is 4.32. The fourth-order valence-electron chi connectivity index (χ4n) is 1.39. The SMILES string of the molecule is O=C(O)CC(=O)Nc1ccc2sccc2c1. The molecule has 1 aromatic heterocycles. The van der Waals surface area contributed by atoms with Crippen LogP contribution in [0.5, 0.6) is 0 Å². The molecule has 0 atom stereocenters. The molecule has 2 rings (SSSR count). The number of thiophene rings is 1. The number of benzene rings is 1. The molecule has 4 nitrogen and oxygen atoms in total. The Kier molecular flexibility index (Phi) is 2.87. The van der Waals surface area contributed by atoms with Crippen LogP contribution in [0.2, 0.25) is 0 Å². The maximum atomic E-state index is 11.2. The number of rotatable bonds is 3. The zero-order chi connectivity index (χ0) is 11.5. The van der Waals surface area contributed by atoms with Gasteiger partial charge in [0.25, 0.3) is 0 Å². The van der Waals surface area contributed by atoms with Crippen molar-refractivity contribution in [2.24, 2.45) is 0 Å². The molecule has 5 heteroatoms. The van der Waals surface area contributed by atoms with E-state index in [9.17, 15) is 9.59 Å². The minimum atomic E-state index is -1.13. The smallest absolute Gasteiger partial charge is 0.312 e. The summed E-state index contributed by atoms with van der Waals surface area (Å²) < 4.78 is 1.14. The molecular weight excluding hydrogens is 226 g/mol. The zero-order valence-corrected chi connectivity index (χ0v) is 9.08. The van der Waals surface area contributed by atoms with Crippen LogP contribution in [0.4, 0.5) is 5.69 Å². The number of carboxylic acid groups (broad SMARTS) is 1. The van der Waals surface area contributed by atoms with Crippen molar-refractivity contribution in [2.75, 3.05) is 5.32 Å². The predicted octanol–water partition coefficient (Wildman–Crippen LogP) is 2.31. The summed E-state index contributed by atoms with van der Waals surface area (Å²) in [5.74, 6) is -1.64. The molecule has 0 saturated heterocycles. The molecule has 1 aromatic carbocycles. The Morgan fingerprint density at radius 3 is 2.88 bits per heavy atom. The Morgan fingerprint density at radius 2 is 2.12 bits per heavy atom. The monoisotopic (exact) mass is 235 g/mol. The summed E-state index contributed by atoms with van der Waals surface area (Å²) in [4.78, 5) is 21.5. The van der Waals surface area contributed by atoms with E-state index in [-0.39, 0.29) is 0 Å². The van der Waals surface area contributed by atoms with Gasteiger partial charge < -0.3 is 10.4 Å². The third-order valence-corrected chi connectivity index (χ3v) is 2.95. The molecule has 0 aliphatic rings. The van der Waals surface area contributed by atoms with E-state index in [2.05, 4.69) is 5.32 Å². The first-order valence-electron chi connectivity index (χ1n) is 4.64. The fraction of sp³-hybridized carbons (Fsp3) is 0.0909. The quantitative estimate of drug-likeness (QED) is 0.802. The van der Waals surface area contributed by atoms with Crippen LogP contribution in [0.15, 0.2) is 29.6 Å². The molecule has 2 N–H and O–H groups in total. The Hall–Kier alpha value is -1.88. The van der Waals surface area contributed by atoms with Gasteiger partial charge in [-0.3, -0.25) is 9.59 Å². The average molecular weight is 235 g/mol. The van der Waals surface area contributed by atoms with E-state index in [0.717, 1.165) is 10.1 Å². The summed E-state index contributed by atoms with van der Waals surface area (Å²) in [6.07, 6.45) is -0.512. The number of fused-ring (bicyclic) bond motifs is 1. The number of hydrogen-bond acceptors (Lipinski definition) is 3. The number of aliphatic carboxylic acids is 1. The number of hydrogen-bond donors (Lipinski definition) is 2. The molecule has 0 spiro atoms. The molecule has 0 saturated carbocycles. The summed E-state index contributed by atoms with van der Waals surface area (Å²) in [5.41, 5.74) is 0.622. The first kappa shape index (κ1) is 10.6. The third kappa shape index (κ3) is 2.38. The van der Waals surface area contributed by atoms with Gasteiger partial charge in [-0.15, -0.1) is 11.3 Å². The second-order valence-electron chi connectivity index (χ2n) is 3.29. The lowest BCUT2D eigenvalue weighted by Gasteiger charge is -2.03. The zero-order valence-electron chi connectivity index (χ0n) is 8.27. The predicted molar refractivity (Wildman–Crippen MR) is 62.7 cm³/mol. The normalized spacial score (nSPS) is 10.2. The molecule has 0 fully saturated rings. The highest BCUT2D eigenvalue weighted by molar-refractivity contribution is 7.17. The third-order valence-electron chi connectivity index (χ3n) is 2.05.